The van der Waals surface area contributed by atoms with E-state index in [0.29, 0.717) is 0 Å². The SMILES string of the molecule is C=C(CC)CC(N)C(CC)OC. The van der Waals surface area contributed by atoms with Crippen molar-refractivity contribution >= 4 is 0 Å². The minimum atomic E-state index is 0.104. The van der Waals surface area contributed by atoms with Gasteiger partial charge in [-0.1, -0.05) is 26.0 Å². The largest absolute Gasteiger partial charge is 0.380 e. The molecule has 0 aromatic heterocycles. The second-order valence-corrected chi connectivity index (χ2v) is 3.15. The second-order valence-electron chi connectivity index (χ2n) is 3.15. The third-order valence-corrected chi connectivity index (χ3v) is 2.21. The first-order chi connectivity index (χ1) is 5.65. The molecule has 0 aromatic carbocycles. The summed E-state index contributed by atoms with van der Waals surface area (Å²) in [5.74, 6) is 0. The summed E-state index contributed by atoms with van der Waals surface area (Å²) >= 11 is 0. The minimum Gasteiger partial charge on any atom is -0.380 e. The van der Waals surface area contributed by atoms with Crippen LogP contribution in [0.1, 0.15) is 33.1 Å². The second kappa shape index (κ2) is 6.21. The summed E-state index contributed by atoms with van der Waals surface area (Å²) in [4.78, 5) is 0. The molecule has 0 amide bonds. The summed E-state index contributed by atoms with van der Waals surface area (Å²) in [6.45, 7) is 8.11. The van der Waals surface area contributed by atoms with Crippen LogP contribution in [-0.2, 0) is 4.74 Å². The van der Waals surface area contributed by atoms with E-state index in [-0.39, 0.29) is 12.1 Å². The molecule has 12 heavy (non-hydrogen) atoms. The average Bonchev–Trinajstić information content (AvgIpc) is 2.06. The summed E-state index contributed by atoms with van der Waals surface area (Å²) in [6, 6.07) is 0.104. The molecule has 0 fully saturated rings. The first-order valence-corrected chi connectivity index (χ1v) is 4.60. The highest BCUT2D eigenvalue weighted by atomic mass is 16.5. The highest BCUT2D eigenvalue weighted by molar-refractivity contribution is 4.97. The Morgan fingerprint density at radius 2 is 2.08 bits per heavy atom. The van der Waals surface area contributed by atoms with Crippen LogP contribution in [0.5, 0.6) is 0 Å². The molecule has 72 valence electrons. The molecule has 2 heteroatoms. The van der Waals surface area contributed by atoms with Crippen molar-refractivity contribution in [2.75, 3.05) is 7.11 Å². The van der Waals surface area contributed by atoms with E-state index in [0.717, 1.165) is 19.3 Å². The first kappa shape index (κ1) is 11.7. The van der Waals surface area contributed by atoms with Crippen LogP contribution in [0.2, 0.25) is 0 Å². The monoisotopic (exact) mass is 171 g/mol. The number of methoxy groups -OCH3 is 1. The van der Waals surface area contributed by atoms with E-state index in [4.69, 9.17) is 10.5 Å². The number of ether oxygens (including phenoxy) is 1. The molecule has 0 aliphatic rings. The third-order valence-electron chi connectivity index (χ3n) is 2.21. The zero-order chi connectivity index (χ0) is 9.56. The van der Waals surface area contributed by atoms with Crippen LogP contribution in [0.3, 0.4) is 0 Å². The van der Waals surface area contributed by atoms with Gasteiger partial charge in [-0.15, -0.1) is 0 Å². The van der Waals surface area contributed by atoms with Crippen LogP contribution in [-0.4, -0.2) is 19.3 Å². The summed E-state index contributed by atoms with van der Waals surface area (Å²) < 4.78 is 5.24. The number of rotatable bonds is 6. The van der Waals surface area contributed by atoms with Gasteiger partial charge in [-0.3, -0.25) is 0 Å². The minimum absolute atomic E-state index is 0.104. The summed E-state index contributed by atoms with van der Waals surface area (Å²) in [5.41, 5.74) is 7.14. The fourth-order valence-electron chi connectivity index (χ4n) is 1.25. The first-order valence-electron chi connectivity index (χ1n) is 4.60. The molecule has 0 aliphatic heterocycles. The molecular weight excluding hydrogens is 150 g/mol. The number of hydrogen-bond acceptors (Lipinski definition) is 2. The smallest absolute Gasteiger partial charge is 0.0722 e. The summed E-state index contributed by atoms with van der Waals surface area (Å²) in [6.07, 6.45) is 3.03. The molecule has 0 bridgehead atoms. The van der Waals surface area contributed by atoms with Gasteiger partial charge in [-0.25, -0.2) is 0 Å². The molecule has 0 radical (unpaired) electrons. The van der Waals surface area contributed by atoms with Crippen LogP contribution in [0.15, 0.2) is 12.2 Å². The van der Waals surface area contributed by atoms with Crippen molar-refractivity contribution in [2.45, 2.75) is 45.3 Å². The van der Waals surface area contributed by atoms with E-state index < -0.39 is 0 Å². The van der Waals surface area contributed by atoms with Gasteiger partial charge < -0.3 is 10.5 Å². The van der Waals surface area contributed by atoms with Gasteiger partial charge in [0.25, 0.3) is 0 Å². The van der Waals surface area contributed by atoms with Gasteiger partial charge in [-0.05, 0) is 19.3 Å². The maximum Gasteiger partial charge on any atom is 0.0722 e. The molecule has 2 atom stereocenters. The Morgan fingerprint density at radius 1 is 1.50 bits per heavy atom. The predicted molar refractivity (Wildman–Crippen MR) is 53.1 cm³/mol. The molecule has 2 N–H and O–H groups in total. The van der Waals surface area contributed by atoms with E-state index in [1.54, 1.807) is 7.11 Å². The molecule has 0 spiro atoms. The molecule has 2 nitrogen and oxygen atoms in total. The Labute approximate surface area is 75.8 Å². The van der Waals surface area contributed by atoms with Crippen molar-refractivity contribution in [3.05, 3.63) is 12.2 Å². The van der Waals surface area contributed by atoms with E-state index in [1.807, 2.05) is 0 Å². The van der Waals surface area contributed by atoms with Gasteiger partial charge in [0.2, 0.25) is 0 Å². The van der Waals surface area contributed by atoms with Crippen LogP contribution in [0, 0.1) is 0 Å². The van der Waals surface area contributed by atoms with Crippen LogP contribution in [0.25, 0.3) is 0 Å². The Hall–Kier alpha value is -0.340. The van der Waals surface area contributed by atoms with Gasteiger partial charge in [0.15, 0.2) is 0 Å². The van der Waals surface area contributed by atoms with Crippen molar-refractivity contribution in [1.29, 1.82) is 0 Å². The Kier molecular flexibility index (Phi) is 6.03. The number of hydrogen-bond donors (Lipinski definition) is 1. The normalized spacial score (nSPS) is 15.7. The maximum absolute atomic E-state index is 5.93. The topological polar surface area (TPSA) is 35.2 Å². The van der Waals surface area contributed by atoms with Crippen molar-refractivity contribution in [2.24, 2.45) is 5.73 Å². The predicted octanol–water partition coefficient (Wildman–Crippen LogP) is 2.09. The van der Waals surface area contributed by atoms with E-state index >= 15 is 0 Å². The van der Waals surface area contributed by atoms with E-state index in [2.05, 4.69) is 20.4 Å². The number of nitrogens with two attached hydrogens (primary N) is 1. The fourth-order valence-corrected chi connectivity index (χ4v) is 1.25. The van der Waals surface area contributed by atoms with E-state index in [1.165, 1.54) is 5.57 Å². The molecule has 0 aromatic rings. The maximum atomic E-state index is 5.93. The van der Waals surface area contributed by atoms with E-state index in [9.17, 15) is 0 Å². The lowest BCUT2D eigenvalue weighted by atomic mass is 10.0. The Balaban J connectivity index is 3.83. The van der Waals surface area contributed by atoms with Crippen LogP contribution in [0.4, 0.5) is 0 Å². The molecular formula is C10H21NO. The lowest BCUT2D eigenvalue weighted by Gasteiger charge is -2.21. The van der Waals surface area contributed by atoms with Gasteiger partial charge in [0.05, 0.1) is 6.10 Å². The quantitative estimate of drug-likeness (QED) is 0.621. The molecule has 0 saturated carbocycles. The highest BCUT2D eigenvalue weighted by Crippen LogP contribution is 2.11. The Bertz CT molecular complexity index is 130. The average molecular weight is 171 g/mol. The van der Waals surface area contributed by atoms with Crippen molar-refractivity contribution in [1.82, 2.24) is 0 Å². The lowest BCUT2D eigenvalue weighted by molar-refractivity contribution is 0.0771. The van der Waals surface area contributed by atoms with Gasteiger partial charge >= 0.3 is 0 Å². The molecule has 0 saturated heterocycles. The summed E-state index contributed by atoms with van der Waals surface area (Å²) in [5, 5.41) is 0. The zero-order valence-corrected chi connectivity index (χ0v) is 8.47. The van der Waals surface area contributed by atoms with Crippen molar-refractivity contribution < 1.29 is 4.74 Å². The van der Waals surface area contributed by atoms with Gasteiger partial charge in [0.1, 0.15) is 0 Å². The molecule has 2 unspecified atom stereocenters. The lowest BCUT2D eigenvalue weighted by Crippen LogP contribution is -2.35. The third kappa shape index (κ3) is 3.88. The molecule has 0 heterocycles. The summed E-state index contributed by atoms with van der Waals surface area (Å²) in [7, 11) is 1.71. The Morgan fingerprint density at radius 3 is 2.42 bits per heavy atom. The van der Waals surface area contributed by atoms with Crippen LogP contribution < -0.4 is 5.73 Å². The molecule has 0 aliphatic carbocycles. The van der Waals surface area contributed by atoms with Gasteiger partial charge in [0, 0.05) is 13.2 Å². The zero-order valence-electron chi connectivity index (χ0n) is 8.47. The van der Waals surface area contributed by atoms with Crippen molar-refractivity contribution in [3.8, 4) is 0 Å². The standard InChI is InChI=1S/C10H21NO/c1-5-8(3)7-9(11)10(6-2)12-4/h9-10H,3,5-7,11H2,1-2,4H3. The van der Waals surface area contributed by atoms with Gasteiger partial charge in [-0.2, -0.15) is 0 Å². The van der Waals surface area contributed by atoms with Crippen LogP contribution >= 0.6 is 0 Å². The highest BCUT2D eigenvalue weighted by Gasteiger charge is 2.14. The fraction of sp³-hybridized carbons (Fsp3) is 0.800. The molecule has 0 rings (SSSR count). The van der Waals surface area contributed by atoms with Crippen molar-refractivity contribution in [3.63, 3.8) is 0 Å².